The summed E-state index contributed by atoms with van der Waals surface area (Å²) in [6, 6.07) is 0. The second-order valence-electron chi connectivity index (χ2n) is 5.95. The zero-order valence-electron chi connectivity index (χ0n) is 8.90. The fraction of sp³-hybridized carbons (Fsp3) is 0.846. The third-order valence-corrected chi connectivity index (χ3v) is 5.25. The molecule has 3 aliphatic carbocycles. The van der Waals surface area contributed by atoms with E-state index in [1.807, 2.05) is 5.57 Å². The average molecular weight is 176 g/mol. The molecule has 0 amide bonds. The number of allylic oxidation sites excluding steroid dienone is 2. The normalized spacial score (nSPS) is 53.4. The van der Waals surface area contributed by atoms with Crippen LogP contribution in [-0.2, 0) is 0 Å². The fourth-order valence-electron chi connectivity index (χ4n) is 4.04. The van der Waals surface area contributed by atoms with Gasteiger partial charge in [0.25, 0.3) is 0 Å². The van der Waals surface area contributed by atoms with Gasteiger partial charge in [-0.1, -0.05) is 31.9 Å². The minimum absolute atomic E-state index is 0.655. The SMILES string of the molecule is CC1C=C2CCC23CCCC1(C)C3. The molecule has 0 aliphatic heterocycles. The largest absolute Gasteiger partial charge is 0.0814 e. The second-order valence-corrected chi connectivity index (χ2v) is 5.95. The van der Waals surface area contributed by atoms with E-state index in [0.29, 0.717) is 5.41 Å². The first-order valence-electron chi connectivity index (χ1n) is 5.86. The van der Waals surface area contributed by atoms with Crippen molar-refractivity contribution in [2.45, 2.75) is 52.4 Å². The molecule has 2 bridgehead atoms. The Labute approximate surface area is 81.4 Å². The van der Waals surface area contributed by atoms with Crippen LogP contribution in [0, 0.1) is 16.7 Å². The van der Waals surface area contributed by atoms with Gasteiger partial charge in [-0.25, -0.2) is 0 Å². The Balaban J connectivity index is 2.05. The van der Waals surface area contributed by atoms with Crippen molar-refractivity contribution < 1.29 is 0 Å². The second kappa shape index (κ2) is 2.21. The van der Waals surface area contributed by atoms with Crippen molar-refractivity contribution in [2.24, 2.45) is 16.7 Å². The molecule has 0 aromatic heterocycles. The highest BCUT2D eigenvalue weighted by molar-refractivity contribution is 5.30. The topological polar surface area (TPSA) is 0 Å². The van der Waals surface area contributed by atoms with E-state index in [9.17, 15) is 0 Å². The molecule has 0 aromatic rings. The maximum Gasteiger partial charge on any atom is -0.00795 e. The summed E-state index contributed by atoms with van der Waals surface area (Å²) >= 11 is 0. The molecule has 3 rings (SSSR count). The van der Waals surface area contributed by atoms with Crippen molar-refractivity contribution in [3.63, 3.8) is 0 Å². The Morgan fingerprint density at radius 3 is 2.85 bits per heavy atom. The van der Waals surface area contributed by atoms with E-state index in [2.05, 4.69) is 19.9 Å². The molecule has 2 fully saturated rings. The van der Waals surface area contributed by atoms with E-state index in [1.165, 1.54) is 38.5 Å². The molecule has 0 aromatic carbocycles. The standard InChI is InChI=1S/C13H20/c1-10-8-11-4-7-13(11)6-3-5-12(10,2)9-13/h8,10H,3-7,9H2,1-2H3. The molecule has 0 nitrogen and oxygen atoms in total. The molecule has 0 radical (unpaired) electrons. The summed E-state index contributed by atoms with van der Waals surface area (Å²) in [7, 11) is 0. The minimum Gasteiger partial charge on any atom is -0.0814 e. The van der Waals surface area contributed by atoms with Gasteiger partial charge in [0.2, 0.25) is 0 Å². The Bertz CT molecular complexity index is 276. The van der Waals surface area contributed by atoms with Gasteiger partial charge in [0.05, 0.1) is 0 Å². The smallest absolute Gasteiger partial charge is 0.00795 e. The van der Waals surface area contributed by atoms with Gasteiger partial charge < -0.3 is 0 Å². The van der Waals surface area contributed by atoms with E-state index in [1.54, 1.807) is 0 Å². The summed E-state index contributed by atoms with van der Waals surface area (Å²) in [6.07, 6.45) is 11.5. The van der Waals surface area contributed by atoms with Gasteiger partial charge in [-0.15, -0.1) is 0 Å². The van der Waals surface area contributed by atoms with E-state index < -0.39 is 0 Å². The maximum atomic E-state index is 2.62. The third-order valence-electron chi connectivity index (χ3n) is 5.25. The van der Waals surface area contributed by atoms with Gasteiger partial charge >= 0.3 is 0 Å². The number of hydrogen-bond acceptors (Lipinski definition) is 0. The summed E-state index contributed by atoms with van der Waals surface area (Å²) in [5.74, 6) is 0.844. The molecular formula is C13H20. The van der Waals surface area contributed by atoms with Gasteiger partial charge in [0.1, 0.15) is 0 Å². The molecule has 0 saturated heterocycles. The van der Waals surface area contributed by atoms with Gasteiger partial charge in [-0.3, -0.25) is 0 Å². The number of hydrogen-bond donors (Lipinski definition) is 0. The lowest BCUT2D eigenvalue weighted by molar-refractivity contribution is 0.0126. The first-order valence-corrected chi connectivity index (χ1v) is 5.86. The average Bonchev–Trinajstić information content (AvgIpc) is 2.10. The van der Waals surface area contributed by atoms with Crippen LogP contribution in [0.1, 0.15) is 52.4 Å². The molecule has 0 heteroatoms. The Morgan fingerprint density at radius 2 is 2.15 bits per heavy atom. The summed E-state index contributed by atoms with van der Waals surface area (Å²) < 4.78 is 0. The van der Waals surface area contributed by atoms with Crippen molar-refractivity contribution >= 4 is 0 Å². The molecule has 3 aliphatic rings. The van der Waals surface area contributed by atoms with Gasteiger partial charge in [0.15, 0.2) is 0 Å². The Morgan fingerprint density at radius 1 is 1.31 bits per heavy atom. The van der Waals surface area contributed by atoms with Crippen LogP contribution < -0.4 is 0 Å². The Hall–Kier alpha value is -0.260. The highest BCUT2D eigenvalue weighted by Gasteiger charge is 2.53. The van der Waals surface area contributed by atoms with Crippen LogP contribution >= 0.6 is 0 Å². The van der Waals surface area contributed by atoms with Crippen molar-refractivity contribution in [2.75, 3.05) is 0 Å². The summed E-state index contributed by atoms with van der Waals surface area (Å²) in [4.78, 5) is 0. The monoisotopic (exact) mass is 176 g/mol. The zero-order chi connectivity index (χ0) is 9.10. The molecule has 72 valence electrons. The van der Waals surface area contributed by atoms with Crippen molar-refractivity contribution in [3.8, 4) is 0 Å². The van der Waals surface area contributed by atoms with Crippen LogP contribution in [-0.4, -0.2) is 0 Å². The quantitative estimate of drug-likeness (QED) is 0.491. The van der Waals surface area contributed by atoms with E-state index in [4.69, 9.17) is 0 Å². The maximum absolute atomic E-state index is 2.62. The first kappa shape index (κ1) is 8.08. The molecule has 2 saturated carbocycles. The summed E-state index contributed by atoms with van der Waals surface area (Å²) in [5, 5.41) is 0. The molecule has 0 heterocycles. The fourth-order valence-corrected chi connectivity index (χ4v) is 4.04. The van der Waals surface area contributed by atoms with E-state index in [0.717, 1.165) is 11.3 Å². The zero-order valence-corrected chi connectivity index (χ0v) is 8.90. The predicted octanol–water partition coefficient (Wildman–Crippen LogP) is 3.92. The number of fused-ring (bicyclic) bond motifs is 1. The molecule has 3 atom stereocenters. The van der Waals surface area contributed by atoms with Gasteiger partial charge in [0, 0.05) is 0 Å². The molecule has 3 unspecified atom stereocenters. The highest BCUT2D eigenvalue weighted by atomic mass is 14.6. The van der Waals surface area contributed by atoms with Crippen LogP contribution in [0.2, 0.25) is 0 Å². The lowest BCUT2D eigenvalue weighted by Gasteiger charge is -2.59. The highest BCUT2D eigenvalue weighted by Crippen LogP contribution is 2.65. The summed E-state index contributed by atoms with van der Waals surface area (Å²) in [6.45, 7) is 4.95. The summed E-state index contributed by atoms with van der Waals surface area (Å²) in [5.41, 5.74) is 3.21. The number of rotatable bonds is 0. The van der Waals surface area contributed by atoms with Crippen molar-refractivity contribution in [1.82, 2.24) is 0 Å². The van der Waals surface area contributed by atoms with Crippen molar-refractivity contribution in [1.29, 1.82) is 0 Å². The van der Waals surface area contributed by atoms with Crippen LogP contribution in [0.25, 0.3) is 0 Å². The van der Waals surface area contributed by atoms with Gasteiger partial charge in [-0.2, -0.15) is 0 Å². The van der Waals surface area contributed by atoms with E-state index in [-0.39, 0.29) is 0 Å². The van der Waals surface area contributed by atoms with Crippen LogP contribution in [0.4, 0.5) is 0 Å². The van der Waals surface area contributed by atoms with Crippen LogP contribution in [0.3, 0.4) is 0 Å². The molecule has 13 heavy (non-hydrogen) atoms. The minimum atomic E-state index is 0.655. The molecule has 0 N–H and O–H groups in total. The van der Waals surface area contributed by atoms with Gasteiger partial charge in [-0.05, 0) is 48.9 Å². The Kier molecular flexibility index (Phi) is 1.38. The first-order chi connectivity index (χ1) is 6.15. The molecule has 1 spiro atoms. The van der Waals surface area contributed by atoms with Crippen molar-refractivity contribution in [3.05, 3.63) is 11.6 Å². The molecular weight excluding hydrogens is 156 g/mol. The third kappa shape index (κ3) is 0.872. The van der Waals surface area contributed by atoms with Crippen LogP contribution in [0.5, 0.6) is 0 Å². The lowest BCUT2D eigenvalue weighted by Crippen LogP contribution is -2.47. The lowest BCUT2D eigenvalue weighted by atomic mass is 9.46. The van der Waals surface area contributed by atoms with E-state index >= 15 is 0 Å². The predicted molar refractivity (Wildman–Crippen MR) is 55.5 cm³/mol. The van der Waals surface area contributed by atoms with Crippen LogP contribution in [0.15, 0.2) is 11.6 Å².